The first kappa shape index (κ1) is 33.4. The SMILES string of the molecule is C=C[C@@H]1C[C@]1(CC(=O)[C@@H]1C[C@@H]2CN1C(=O)[C@H](C1CCC1)CC(=O)OCCC/C=C/c1ccc3ccnc(c3c1)O2)C(=O)NS(=O)(=O)C1CC1. The molecule has 1 aromatic heterocycles. The lowest BCUT2D eigenvalue weighted by atomic mass is 9.73. The molecule has 49 heavy (non-hydrogen) atoms. The van der Waals surface area contributed by atoms with Gasteiger partial charge in [0.25, 0.3) is 0 Å². The summed E-state index contributed by atoms with van der Waals surface area (Å²) in [6.07, 6.45) is 11.8. The van der Waals surface area contributed by atoms with Gasteiger partial charge in [-0.05, 0) is 79.9 Å². The monoisotopic (exact) mass is 689 g/mol. The van der Waals surface area contributed by atoms with E-state index in [0.717, 1.165) is 35.6 Å². The van der Waals surface area contributed by atoms with Crippen LogP contribution < -0.4 is 9.46 Å². The van der Waals surface area contributed by atoms with E-state index < -0.39 is 50.6 Å². The maximum atomic E-state index is 14.4. The van der Waals surface area contributed by atoms with Crippen LogP contribution >= 0.6 is 0 Å². The summed E-state index contributed by atoms with van der Waals surface area (Å²) in [5.74, 6) is -2.39. The number of allylic oxidation sites excluding steroid dienone is 2. The van der Waals surface area contributed by atoms with Gasteiger partial charge >= 0.3 is 5.97 Å². The lowest BCUT2D eigenvalue weighted by molar-refractivity contribution is -0.152. The normalized spacial score (nSPS) is 30.0. The van der Waals surface area contributed by atoms with E-state index in [2.05, 4.69) is 16.3 Å². The van der Waals surface area contributed by atoms with E-state index in [9.17, 15) is 27.6 Å². The number of amides is 2. The topological polar surface area (TPSA) is 149 Å². The number of hydrogen-bond donors (Lipinski definition) is 1. The number of aromatic nitrogens is 1. The van der Waals surface area contributed by atoms with Crippen molar-refractivity contribution in [3.63, 3.8) is 0 Å². The van der Waals surface area contributed by atoms with Gasteiger partial charge in [0.15, 0.2) is 5.78 Å². The minimum Gasteiger partial charge on any atom is -0.472 e. The summed E-state index contributed by atoms with van der Waals surface area (Å²) in [7, 11) is -3.82. The molecule has 1 saturated heterocycles. The predicted octanol–water partition coefficient (Wildman–Crippen LogP) is 4.50. The number of ketones is 1. The number of fused-ring (bicyclic) bond motifs is 3. The smallest absolute Gasteiger partial charge is 0.306 e. The fraction of sp³-hybridized carbons (Fsp3) is 0.541. The molecule has 0 unspecified atom stereocenters. The maximum absolute atomic E-state index is 14.4. The molecule has 3 heterocycles. The number of esters is 1. The van der Waals surface area contributed by atoms with Gasteiger partial charge in [0.2, 0.25) is 27.7 Å². The molecule has 4 bridgehead atoms. The van der Waals surface area contributed by atoms with Gasteiger partial charge in [0.05, 0.1) is 42.2 Å². The number of Topliss-reactive ketones (excluding diaryl/α,β-unsaturated/α-hetero) is 1. The number of ether oxygens (including phenoxy) is 2. The Morgan fingerprint density at radius 1 is 1.12 bits per heavy atom. The molecule has 5 aliphatic rings. The van der Waals surface area contributed by atoms with Gasteiger partial charge in [0, 0.05) is 24.4 Å². The number of rotatable bonds is 8. The van der Waals surface area contributed by atoms with E-state index in [1.807, 2.05) is 36.4 Å². The molecule has 5 atom stereocenters. The lowest BCUT2D eigenvalue weighted by Crippen LogP contribution is -2.48. The highest BCUT2D eigenvalue weighted by molar-refractivity contribution is 7.90. The molecular weight excluding hydrogens is 646 g/mol. The molecule has 260 valence electrons. The van der Waals surface area contributed by atoms with Crippen molar-refractivity contribution < 1.29 is 37.1 Å². The molecule has 7 rings (SSSR count). The fourth-order valence-corrected chi connectivity index (χ4v) is 9.00. The molecule has 1 N–H and O–H groups in total. The van der Waals surface area contributed by atoms with Crippen LogP contribution in [0.15, 0.2) is 49.2 Å². The maximum Gasteiger partial charge on any atom is 0.306 e. The van der Waals surface area contributed by atoms with Crippen LogP contribution in [-0.2, 0) is 33.9 Å². The number of nitrogens with one attached hydrogen (secondary N) is 1. The Labute approximate surface area is 286 Å². The Morgan fingerprint density at radius 3 is 2.65 bits per heavy atom. The van der Waals surface area contributed by atoms with Crippen LogP contribution in [0.25, 0.3) is 16.8 Å². The summed E-state index contributed by atoms with van der Waals surface area (Å²) in [4.78, 5) is 61.3. The number of sulfonamides is 1. The molecule has 0 spiro atoms. The van der Waals surface area contributed by atoms with Gasteiger partial charge in [-0.25, -0.2) is 13.4 Å². The van der Waals surface area contributed by atoms with Crippen molar-refractivity contribution >= 4 is 50.4 Å². The van der Waals surface area contributed by atoms with E-state index in [-0.39, 0.29) is 55.9 Å². The summed E-state index contributed by atoms with van der Waals surface area (Å²) < 4.78 is 39.6. The lowest BCUT2D eigenvalue weighted by Gasteiger charge is -2.36. The summed E-state index contributed by atoms with van der Waals surface area (Å²) in [6.45, 7) is 4.16. The Kier molecular flexibility index (Phi) is 9.10. The van der Waals surface area contributed by atoms with Crippen LogP contribution in [0.3, 0.4) is 0 Å². The van der Waals surface area contributed by atoms with E-state index in [4.69, 9.17) is 9.47 Å². The number of carbonyl (C=O) groups excluding carboxylic acids is 4. The van der Waals surface area contributed by atoms with Crippen molar-refractivity contribution in [3.05, 3.63) is 54.8 Å². The van der Waals surface area contributed by atoms with Gasteiger partial charge in [-0.2, -0.15) is 0 Å². The van der Waals surface area contributed by atoms with Gasteiger partial charge < -0.3 is 14.4 Å². The van der Waals surface area contributed by atoms with Crippen molar-refractivity contribution in [1.29, 1.82) is 0 Å². The highest BCUT2D eigenvalue weighted by Gasteiger charge is 2.61. The van der Waals surface area contributed by atoms with Crippen LogP contribution in [-0.4, -0.2) is 72.4 Å². The minimum absolute atomic E-state index is 0.000725. The molecule has 1 aromatic carbocycles. The van der Waals surface area contributed by atoms with Crippen molar-refractivity contribution in [2.24, 2.45) is 23.2 Å². The zero-order valence-electron chi connectivity index (χ0n) is 27.6. The average molecular weight is 690 g/mol. The quantitative estimate of drug-likeness (QED) is 0.312. The minimum atomic E-state index is -3.82. The second kappa shape index (κ2) is 13.3. The van der Waals surface area contributed by atoms with Crippen molar-refractivity contribution in [1.82, 2.24) is 14.6 Å². The average Bonchev–Trinajstić information content (AvgIpc) is 3.98. The number of carbonyl (C=O) groups is 4. The summed E-state index contributed by atoms with van der Waals surface area (Å²) in [6, 6.07) is 6.95. The van der Waals surface area contributed by atoms with E-state index in [1.54, 1.807) is 12.3 Å². The Bertz CT molecular complexity index is 1820. The third kappa shape index (κ3) is 6.89. The van der Waals surface area contributed by atoms with E-state index in [1.165, 1.54) is 4.90 Å². The van der Waals surface area contributed by atoms with Crippen LogP contribution in [0.4, 0.5) is 0 Å². The van der Waals surface area contributed by atoms with Crippen molar-refractivity contribution in [2.75, 3.05) is 13.2 Å². The molecule has 2 aromatic rings. The molecule has 0 radical (unpaired) electrons. The molecule has 2 aliphatic heterocycles. The third-order valence-electron chi connectivity index (χ3n) is 11.0. The van der Waals surface area contributed by atoms with Crippen LogP contribution in [0.1, 0.15) is 76.2 Å². The van der Waals surface area contributed by atoms with Gasteiger partial charge in [-0.1, -0.05) is 36.8 Å². The molecule has 4 fully saturated rings. The fourth-order valence-electron chi connectivity index (χ4n) is 7.61. The standard InChI is InChI=1S/C37H43N3O8S/c1-2-26-20-37(26,36(44)39-49(45,46)28-12-13-28)21-32(41)31-18-27-22-40(31)35(43)30(24-8-6-9-24)19-33(42)47-16-5-3-4-7-23-10-11-25-14-15-38-34(48-27)29(25)17-23/h2,4,7,10-11,14-15,17,24,26-28,30-31H,1,3,5-6,8-9,12-13,16,18-22H2,(H,39,44)/b7-4+/t26-,27-,30+,31+,37-/m1/s1. The molecule has 3 saturated carbocycles. The van der Waals surface area contributed by atoms with Gasteiger partial charge in [-0.3, -0.25) is 23.9 Å². The number of pyridine rings is 1. The number of cyclic esters (lactones) is 1. The highest BCUT2D eigenvalue weighted by atomic mass is 32.2. The first-order chi connectivity index (χ1) is 23.6. The molecular formula is C37H43N3O8S. The first-order valence-corrected chi connectivity index (χ1v) is 19.0. The second-order valence-electron chi connectivity index (χ2n) is 14.4. The predicted molar refractivity (Wildman–Crippen MR) is 181 cm³/mol. The van der Waals surface area contributed by atoms with Crippen LogP contribution in [0.5, 0.6) is 5.88 Å². The van der Waals surface area contributed by atoms with E-state index >= 15 is 0 Å². The van der Waals surface area contributed by atoms with Crippen LogP contribution in [0, 0.1) is 23.2 Å². The Morgan fingerprint density at radius 2 is 1.94 bits per heavy atom. The summed E-state index contributed by atoms with van der Waals surface area (Å²) in [5, 5.41) is 1.15. The summed E-state index contributed by atoms with van der Waals surface area (Å²) in [5.41, 5.74) is -0.296. The third-order valence-corrected chi connectivity index (χ3v) is 12.8. The van der Waals surface area contributed by atoms with Crippen molar-refractivity contribution in [2.45, 2.75) is 88.0 Å². The number of benzene rings is 1. The molecule has 12 heteroatoms. The Balaban J connectivity index is 1.20. The summed E-state index contributed by atoms with van der Waals surface area (Å²) >= 11 is 0. The highest BCUT2D eigenvalue weighted by Crippen LogP contribution is 2.57. The number of nitrogens with zero attached hydrogens (tertiary/aromatic N) is 2. The number of hydrogen-bond acceptors (Lipinski definition) is 9. The Hall–Kier alpha value is -4.06. The molecule has 2 amide bonds. The van der Waals surface area contributed by atoms with Gasteiger partial charge in [0.1, 0.15) is 6.10 Å². The largest absolute Gasteiger partial charge is 0.472 e. The molecule has 11 nitrogen and oxygen atoms in total. The zero-order chi connectivity index (χ0) is 34.3. The second-order valence-corrected chi connectivity index (χ2v) is 16.3. The van der Waals surface area contributed by atoms with Crippen molar-refractivity contribution in [3.8, 4) is 5.88 Å². The van der Waals surface area contributed by atoms with Crippen LogP contribution in [0.2, 0.25) is 0 Å². The van der Waals surface area contributed by atoms with E-state index in [0.29, 0.717) is 38.0 Å². The zero-order valence-corrected chi connectivity index (χ0v) is 28.4. The van der Waals surface area contributed by atoms with Gasteiger partial charge in [-0.15, -0.1) is 6.58 Å². The molecule has 3 aliphatic carbocycles. The first-order valence-electron chi connectivity index (χ1n) is 17.5.